The molecule has 1 fully saturated rings. The summed E-state index contributed by atoms with van der Waals surface area (Å²) in [7, 11) is 0. The van der Waals surface area contributed by atoms with Gasteiger partial charge in [-0.05, 0) is 11.6 Å². The average molecular weight is 187 g/mol. The topological polar surface area (TPSA) is 47.9 Å². The lowest BCUT2D eigenvalue weighted by Crippen LogP contribution is -2.42. The van der Waals surface area contributed by atoms with Crippen molar-refractivity contribution in [3.05, 3.63) is 35.4 Å². The van der Waals surface area contributed by atoms with Gasteiger partial charge in [-0.3, -0.25) is 0 Å². The molecule has 1 aliphatic rings. The highest BCUT2D eigenvalue weighted by Gasteiger charge is 2.16. The van der Waals surface area contributed by atoms with E-state index < -0.39 is 0 Å². The Balaban J connectivity index is 2.26. The molecule has 2 rings (SSSR count). The zero-order valence-corrected chi connectivity index (χ0v) is 7.96. The summed E-state index contributed by atoms with van der Waals surface area (Å²) >= 11 is 0. The second-order valence-corrected chi connectivity index (χ2v) is 3.41. The Morgan fingerprint density at radius 2 is 2.14 bits per heavy atom. The van der Waals surface area contributed by atoms with Crippen LogP contribution in [-0.4, -0.2) is 19.6 Å². The van der Waals surface area contributed by atoms with Gasteiger partial charge in [-0.1, -0.05) is 18.2 Å². The van der Waals surface area contributed by atoms with Gasteiger partial charge in [0.05, 0.1) is 11.6 Å². The van der Waals surface area contributed by atoms with Gasteiger partial charge in [0.15, 0.2) is 0 Å². The minimum atomic E-state index is 0.277. The number of benzene rings is 1. The second kappa shape index (κ2) is 4.23. The molecule has 1 unspecified atom stereocenters. The Morgan fingerprint density at radius 1 is 1.29 bits per heavy atom. The lowest BCUT2D eigenvalue weighted by molar-refractivity contribution is 0.430. The molecule has 0 radical (unpaired) electrons. The van der Waals surface area contributed by atoms with Crippen LogP contribution in [0.3, 0.4) is 0 Å². The highest BCUT2D eigenvalue weighted by molar-refractivity contribution is 5.39. The van der Waals surface area contributed by atoms with E-state index in [2.05, 4.69) is 16.7 Å². The average Bonchev–Trinajstić information content (AvgIpc) is 2.30. The highest BCUT2D eigenvalue weighted by Crippen LogP contribution is 2.17. The third kappa shape index (κ3) is 1.77. The van der Waals surface area contributed by atoms with Crippen molar-refractivity contribution >= 4 is 0 Å². The third-order valence-electron chi connectivity index (χ3n) is 2.50. The molecule has 14 heavy (non-hydrogen) atoms. The van der Waals surface area contributed by atoms with E-state index in [-0.39, 0.29) is 6.04 Å². The normalized spacial score (nSPS) is 21.5. The monoisotopic (exact) mass is 187 g/mol. The number of hydrogen-bond acceptors (Lipinski definition) is 3. The van der Waals surface area contributed by atoms with Gasteiger partial charge in [-0.15, -0.1) is 0 Å². The molecule has 3 heteroatoms. The van der Waals surface area contributed by atoms with Crippen LogP contribution >= 0.6 is 0 Å². The molecule has 3 nitrogen and oxygen atoms in total. The SMILES string of the molecule is N#Cc1ccccc1C1CNCCN1. The minimum Gasteiger partial charge on any atom is -0.314 e. The van der Waals surface area contributed by atoms with Gasteiger partial charge in [0, 0.05) is 25.7 Å². The van der Waals surface area contributed by atoms with Gasteiger partial charge in [0.2, 0.25) is 0 Å². The van der Waals surface area contributed by atoms with E-state index in [0.29, 0.717) is 0 Å². The summed E-state index contributed by atoms with van der Waals surface area (Å²) in [4.78, 5) is 0. The summed E-state index contributed by atoms with van der Waals surface area (Å²) in [5.74, 6) is 0. The largest absolute Gasteiger partial charge is 0.314 e. The Labute approximate surface area is 83.7 Å². The van der Waals surface area contributed by atoms with Crippen molar-refractivity contribution < 1.29 is 0 Å². The molecule has 1 saturated heterocycles. The lowest BCUT2D eigenvalue weighted by Gasteiger charge is -2.25. The van der Waals surface area contributed by atoms with E-state index in [0.717, 1.165) is 30.8 Å². The van der Waals surface area contributed by atoms with E-state index in [1.54, 1.807) is 0 Å². The molecule has 1 atom stereocenters. The molecule has 1 heterocycles. The zero-order chi connectivity index (χ0) is 9.80. The van der Waals surface area contributed by atoms with Crippen LogP contribution < -0.4 is 10.6 Å². The first kappa shape index (κ1) is 9.20. The molecular formula is C11H13N3. The van der Waals surface area contributed by atoms with Gasteiger partial charge in [-0.25, -0.2) is 0 Å². The first-order chi connectivity index (χ1) is 6.92. The lowest BCUT2D eigenvalue weighted by atomic mass is 10.00. The Bertz CT molecular complexity index is 348. The maximum absolute atomic E-state index is 8.95. The van der Waals surface area contributed by atoms with Crippen LogP contribution in [0.5, 0.6) is 0 Å². The molecule has 0 aromatic heterocycles. The van der Waals surface area contributed by atoms with Crippen molar-refractivity contribution in [2.75, 3.05) is 19.6 Å². The molecule has 0 saturated carbocycles. The van der Waals surface area contributed by atoms with Crippen LogP contribution in [0.1, 0.15) is 17.2 Å². The fraction of sp³-hybridized carbons (Fsp3) is 0.364. The predicted octanol–water partition coefficient (Wildman–Crippen LogP) is 0.792. The summed E-state index contributed by atoms with van der Waals surface area (Å²) in [6.07, 6.45) is 0. The first-order valence-electron chi connectivity index (χ1n) is 4.85. The van der Waals surface area contributed by atoms with Crippen LogP contribution in [0, 0.1) is 11.3 Å². The quantitative estimate of drug-likeness (QED) is 0.683. The van der Waals surface area contributed by atoms with Crippen molar-refractivity contribution in [3.63, 3.8) is 0 Å². The molecule has 2 N–H and O–H groups in total. The van der Waals surface area contributed by atoms with Crippen LogP contribution in [0.4, 0.5) is 0 Å². The van der Waals surface area contributed by atoms with E-state index >= 15 is 0 Å². The number of rotatable bonds is 1. The molecular weight excluding hydrogens is 174 g/mol. The van der Waals surface area contributed by atoms with Crippen LogP contribution in [0.15, 0.2) is 24.3 Å². The van der Waals surface area contributed by atoms with E-state index in [9.17, 15) is 0 Å². The van der Waals surface area contributed by atoms with E-state index in [4.69, 9.17) is 5.26 Å². The van der Waals surface area contributed by atoms with Gasteiger partial charge in [0.1, 0.15) is 0 Å². The Morgan fingerprint density at radius 3 is 2.86 bits per heavy atom. The van der Waals surface area contributed by atoms with Gasteiger partial charge < -0.3 is 10.6 Å². The second-order valence-electron chi connectivity index (χ2n) is 3.41. The molecule has 1 aliphatic heterocycles. The van der Waals surface area contributed by atoms with Crippen LogP contribution in [0.2, 0.25) is 0 Å². The number of hydrogen-bond donors (Lipinski definition) is 2. The van der Waals surface area contributed by atoms with Crippen molar-refractivity contribution in [3.8, 4) is 6.07 Å². The molecule has 0 bridgehead atoms. The Hall–Kier alpha value is -1.37. The Kier molecular flexibility index (Phi) is 2.78. The van der Waals surface area contributed by atoms with E-state index in [1.807, 2.05) is 24.3 Å². The zero-order valence-electron chi connectivity index (χ0n) is 7.96. The molecule has 0 spiro atoms. The molecule has 0 amide bonds. The predicted molar refractivity (Wildman–Crippen MR) is 54.8 cm³/mol. The fourth-order valence-corrected chi connectivity index (χ4v) is 1.78. The summed E-state index contributed by atoms with van der Waals surface area (Å²) in [6.45, 7) is 2.87. The fourth-order valence-electron chi connectivity index (χ4n) is 1.78. The van der Waals surface area contributed by atoms with Gasteiger partial charge >= 0.3 is 0 Å². The smallest absolute Gasteiger partial charge is 0.0995 e. The molecule has 1 aromatic carbocycles. The van der Waals surface area contributed by atoms with Crippen molar-refractivity contribution in [1.82, 2.24) is 10.6 Å². The molecule has 1 aromatic rings. The minimum absolute atomic E-state index is 0.277. The third-order valence-corrected chi connectivity index (χ3v) is 2.50. The standard InChI is InChI=1S/C11H13N3/c12-7-9-3-1-2-4-10(9)11-8-13-5-6-14-11/h1-4,11,13-14H,5-6,8H2. The van der Waals surface area contributed by atoms with Gasteiger partial charge in [-0.2, -0.15) is 5.26 Å². The van der Waals surface area contributed by atoms with Crippen LogP contribution in [-0.2, 0) is 0 Å². The summed E-state index contributed by atoms with van der Waals surface area (Å²) in [5, 5.41) is 15.7. The number of nitrogens with one attached hydrogen (secondary N) is 2. The van der Waals surface area contributed by atoms with Gasteiger partial charge in [0.25, 0.3) is 0 Å². The number of nitrogens with zero attached hydrogens (tertiary/aromatic N) is 1. The maximum atomic E-state index is 8.95. The maximum Gasteiger partial charge on any atom is 0.0995 e. The molecule has 0 aliphatic carbocycles. The number of piperazine rings is 1. The number of nitriles is 1. The van der Waals surface area contributed by atoms with Crippen molar-refractivity contribution in [2.24, 2.45) is 0 Å². The summed E-state index contributed by atoms with van der Waals surface area (Å²) in [6, 6.07) is 10.3. The van der Waals surface area contributed by atoms with E-state index in [1.165, 1.54) is 0 Å². The molecule has 72 valence electrons. The van der Waals surface area contributed by atoms with Crippen molar-refractivity contribution in [2.45, 2.75) is 6.04 Å². The highest BCUT2D eigenvalue weighted by atomic mass is 15.1. The first-order valence-corrected chi connectivity index (χ1v) is 4.85. The van der Waals surface area contributed by atoms with Crippen LogP contribution in [0.25, 0.3) is 0 Å². The summed E-state index contributed by atoms with van der Waals surface area (Å²) < 4.78 is 0. The van der Waals surface area contributed by atoms with Crippen molar-refractivity contribution in [1.29, 1.82) is 5.26 Å². The summed E-state index contributed by atoms with van der Waals surface area (Å²) in [5.41, 5.74) is 1.87.